The number of nitrogens with zero attached hydrogens (tertiary/aromatic N) is 1. The maximum absolute atomic E-state index is 2.31. The van der Waals surface area contributed by atoms with Gasteiger partial charge < -0.3 is 4.90 Å². The molecule has 0 fully saturated rings. The third-order valence-electron chi connectivity index (χ3n) is 4.45. The van der Waals surface area contributed by atoms with Crippen molar-refractivity contribution in [1.82, 2.24) is 0 Å². The Bertz CT molecular complexity index is 601. The van der Waals surface area contributed by atoms with Crippen LogP contribution >= 0.6 is 0 Å². The van der Waals surface area contributed by atoms with Gasteiger partial charge in [0.05, 0.1) is 0 Å². The van der Waals surface area contributed by atoms with Gasteiger partial charge in [-0.15, -0.1) is 0 Å². The lowest BCUT2D eigenvalue weighted by Gasteiger charge is -2.31. The molecule has 12 aliphatic rings. The number of rotatable bonds is 0. The van der Waals surface area contributed by atoms with Crippen LogP contribution in [-0.2, 0) is 0 Å². The van der Waals surface area contributed by atoms with Gasteiger partial charge in [0.15, 0.2) is 0 Å². The molecule has 0 radical (unpaired) electrons. The van der Waals surface area contributed by atoms with E-state index in [-0.39, 0.29) is 0 Å². The predicted octanol–water partition coefficient (Wildman–Crippen LogP) is 4.96. The van der Waals surface area contributed by atoms with E-state index in [2.05, 4.69) is 77.7 Å². The van der Waals surface area contributed by atoms with Crippen LogP contribution in [0.3, 0.4) is 0 Å². The monoisotopic (exact) mass is 255 g/mol. The van der Waals surface area contributed by atoms with E-state index in [4.69, 9.17) is 0 Å². The predicted molar refractivity (Wildman–Crippen MR) is 82.1 cm³/mol. The lowest BCUT2D eigenvalue weighted by molar-refractivity contribution is 0.966. The van der Waals surface area contributed by atoms with Crippen LogP contribution in [0.1, 0.15) is 22.6 Å². The van der Waals surface area contributed by atoms with Gasteiger partial charge in [0.25, 0.3) is 0 Å². The van der Waals surface area contributed by atoms with E-state index >= 15 is 0 Å². The molecule has 15 rings (SSSR count). The zero-order chi connectivity index (χ0) is 13.1. The Labute approximate surface area is 118 Å². The summed E-state index contributed by atoms with van der Waals surface area (Å²) in [6.07, 6.45) is 0. The van der Waals surface area contributed by atoms with Crippen molar-refractivity contribution in [1.29, 1.82) is 0 Å². The van der Waals surface area contributed by atoms with Gasteiger partial charge in [-0.3, -0.25) is 0 Å². The Hall–Kier alpha value is -2.54. The summed E-state index contributed by atoms with van der Waals surface area (Å²) in [6.45, 7) is 0. The quantitative estimate of drug-likeness (QED) is 0.378. The number of hydrogen-bond donors (Lipinski definition) is 0. The second kappa shape index (κ2) is 3.51. The summed E-state index contributed by atoms with van der Waals surface area (Å²) in [4.78, 5) is 2.31. The molecule has 12 aliphatic heterocycles. The molecule has 0 unspecified atom stereocenters. The zero-order valence-corrected chi connectivity index (χ0v) is 11.0. The van der Waals surface area contributed by atoms with Gasteiger partial charge >= 0.3 is 0 Å². The molecule has 94 valence electrons. The fraction of sp³-hybridized carbons (Fsp3) is 0.0526. The molecular weight excluding hydrogens is 242 g/mol. The summed E-state index contributed by atoms with van der Waals surface area (Å²) >= 11 is 0. The summed E-state index contributed by atoms with van der Waals surface area (Å²) in [5.41, 5.74) is 7.74. The second-order valence-electron chi connectivity index (χ2n) is 5.54. The second-order valence-corrected chi connectivity index (χ2v) is 5.54. The summed E-state index contributed by atoms with van der Waals surface area (Å²) < 4.78 is 0. The average Bonchev–Trinajstić information content (AvgIpc) is 2.55. The largest absolute Gasteiger partial charge is 0.311 e. The van der Waals surface area contributed by atoms with Crippen LogP contribution in [0.4, 0.5) is 17.1 Å². The smallest absolute Gasteiger partial charge is 0.0461 e. The van der Waals surface area contributed by atoms with Crippen molar-refractivity contribution >= 4 is 17.1 Å². The van der Waals surface area contributed by atoms with Gasteiger partial charge in [-0.05, 0) is 53.1 Å². The molecule has 0 saturated carbocycles. The SMILES string of the molecule is c1cc2ccc1C1c3ccc(cc3)N2c2ccc1cc2. The molecule has 0 saturated heterocycles. The molecule has 1 heteroatoms. The first-order valence-electron chi connectivity index (χ1n) is 7.00. The molecule has 0 aromatic heterocycles. The molecule has 3 aromatic rings. The highest BCUT2D eigenvalue weighted by Gasteiger charge is 2.23. The van der Waals surface area contributed by atoms with Crippen molar-refractivity contribution in [2.75, 3.05) is 4.90 Å². The highest BCUT2D eigenvalue weighted by molar-refractivity contribution is 5.78. The molecule has 0 amide bonds. The van der Waals surface area contributed by atoms with Crippen LogP contribution in [0, 0.1) is 0 Å². The van der Waals surface area contributed by atoms with Crippen LogP contribution in [-0.4, -0.2) is 0 Å². The van der Waals surface area contributed by atoms with Crippen molar-refractivity contribution in [2.24, 2.45) is 0 Å². The third kappa shape index (κ3) is 1.22. The molecule has 0 N–H and O–H groups in total. The van der Waals surface area contributed by atoms with Crippen LogP contribution in [0.2, 0.25) is 0 Å². The fourth-order valence-corrected chi connectivity index (χ4v) is 3.47. The lowest BCUT2D eigenvalue weighted by Crippen LogP contribution is -2.15. The Morgan fingerprint density at radius 1 is 0.450 bits per heavy atom. The average molecular weight is 255 g/mol. The van der Waals surface area contributed by atoms with E-state index in [1.54, 1.807) is 0 Å². The van der Waals surface area contributed by atoms with E-state index in [0.29, 0.717) is 5.92 Å². The normalized spacial score (nSPS) is 14.7. The molecular formula is C19H13N. The van der Waals surface area contributed by atoms with E-state index in [9.17, 15) is 0 Å². The van der Waals surface area contributed by atoms with Crippen molar-refractivity contribution in [2.45, 2.75) is 5.92 Å². The lowest BCUT2D eigenvalue weighted by atomic mass is 9.83. The molecule has 8 bridgehead atoms. The van der Waals surface area contributed by atoms with Gasteiger partial charge in [0.1, 0.15) is 0 Å². The molecule has 1 nitrogen and oxygen atoms in total. The van der Waals surface area contributed by atoms with Crippen LogP contribution < -0.4 is 4.90 Å². The summed E-state index contributed by atoms with van der Waals surface area (Å²) in [5, 5.41) is 0. The topological polar surface area (TPSA) is 3.24 Å². The number of benzene rings is 3. The van der Waals surface area contributed by atoms with Crippen molar-refractivity contribution in [3.05, 3.63) is 89.5 Å². The molecule has 12 heterocycles. The Morgan fingerprint density at radius 3 is 1.05 bits per heavy atom. The summed E-state index contributed by atoms with van der Waals surface area (Å²) in [5.74, 6) is 0.330. The van der Waals surface area contributed by atoms with Crippen LogP contribution in [0.15, 0.2) is 72.8 Å². The Morgan fingerprint density at radius 2 is 0.750 bits per heavy atom. The molecule has 3 aromatic carbocycles. The molecule has 20 heavy (non-hydrogen) atoms. The van der Waals surface area contributed by atoms with Gasteiger partial charge in [-0.1, -0.05) is 36.4 Å². The maximum Gasteiger partial charge on any atom is 0.0461 e. The third-order valence-corrected chi connectivity index (χ3v) is 4.45. The Balaban J connectivity index is 2.01. The van der Waals surface area contributed by atoms with E-state index in [0.717, 1.165) is 0 Å². The van der Waals surface area contributed by atoms with Crippen LogP contribution in [0.25, 0.3) is 0 Å². The van der Waals surface area contributed by atoms with Crippen LogP contribution in [0.5, 0.6) is 0 Å². The van der Waals surface area contributed by atoms with Gasteiger partial charge in [-0.2, -0.15) is 0 Å². The molecule has 0 aliphatic carbocycles. The van der Waals surface area contributed by atoms with Crippen molar-refractivity contribution < 1.29 is 0 Å². The fourth-order valence-electron chi connectivity index (χ4n) is 3.47. The number of hydrogen-bond acceptors (Lipinski definition) is 1. The summed E-state index contributed by atoms with van der Waals surface area (Å²) in [7, 11) is 0. The molecule has 0 atom stereocenters. The highest BCUT2D eigenvalue weighted by Crippen LogP contribution is 2.42. The van der Waals surface area contributed by atoms with Crippen molar-refractivity contribution in [3.63, 3.8) is 0 Å². The van der Waals surface area contributed by atoms with Crippen molar-refractivity contribution in [3.8, 4) is 0 Å². The Kier molecular flexibility index (Phi) is 1.80. The minimum absolute atomic E-state index is 0.330. The zero-order valence-electron chi connectivity index (χ0n) is 11.0. The minimum atomic E-state index is 0.330. The van der Waals surface area contributed by atoms with E-state index < -0.39 is 0 Å². The minimum Gasteiger partial charge on any atom is -0.311 e. The maximum atomic E-state index is 2.31. The van der Waals surface area contributed by atoms with E-state index in [1.165, 1.54) is 33.8 Å². The summed E-state index contributed by atoms with van der Waals surface area (Å²) in [6, 6.07) is 27.0. The standard InChI is InChI=1S/C19H13N/c1-7-16-8-2-13(1)19-14-3-9-17(10-4-14)20(16)18-11-5-15(19)6-12-18/h1-12,19H. The van der Waals surface area contributed by atoms with Gasteiger partial charge in [0.2, 0.25) is 0 Å². The first-order chi connectivity index (χ1) is 9.90. The van der Waals surface area contributed by atoms with Gasteiger partial charge in [0, 0.05) is 23.0 Å². The molecule has 0 spiro atoms. The number of anilines is 3. The first-order valence-corrected chi connectivity index (χ1v) is 7.00. The highest BCUT2D eigenvalue weighted by atomic mass is 15.1. The first kappa shape index (κ1) is 10.3. The van der Waals surface area contributed by atoms with E-state index in [1.807, 2.05) is 0 Å². The van der Waals surface area contributed by atoms with Gasteiger partial charge in [-0.25, -0.2) is 0 Å².